The Hall–Kier alpha value is -2.26. The van der Waals surface area contributed by atoms with Crippen LogP contribution in [0.5, 0.6) is 0 Å². The zero-order chi connectivity index (χ0) is 14.8. The van der Waals surface area contributed by atoms with Crippen LogP contribution in [-0.2, 0) is 0 Å². The van der Waals surface area contributed by atoms with E-state index in [2.05, 4.69) is 16.4 Å². The van der Waals surface area contributed by atoms with E-state index in [1.165, 1.54) is 6.07 Å². The molecule has 0 aliphatic rings. The number of aryl methyl sites for hydroxylation is 1. The van der Waals surface area contributed by atoms with Gasteiger partial charge in [0, 0.05) is 17.8 Å². The molecule has 0 saturated heterocycles. The molecule has 3 rings (SSSR count). The van der Waals surface area contributed by atoms with Gasteiger partial charge < -0.3 is 5.32 Å². The molecule has 3 heteroatoms. The summed E-state index contributed by atoms with van der Waals surface area (Å²) in [7, 11) is 1.89. The smallest absolute Gasteiger partial charge is 0.123 e. The minimum atomic E-state index is -0.218. The number of nitrogens with one attached hydrogen (secondary N) is 1. The van der Waals surface area contributed by atoms with Crippen molar-refractivity contribution in [1.29, 1.82) is 0 Å². The van der Waals surface area contributed by atoms with Gasteiger partial charge >= 0.3 is 0 Å². The third kappa shape index (κ3) is 2.52. The summed E-state index contributed by atoms with van der Waals surface area (Å²) in [4.78, 5) is 4.33. The minimum Gasteiger partial charge on any atom is -0.309 e. The summed E-state index contributed by atoms with van der Waals surface area (Å²) in [5.41, 5.74) is 3.06. The van der Waals surface area contributed by atoms with Crippen molar-refractivity contribution in [2.75, 3.05) is 7.05 Å². The van der Waals surface area contributed by atoms with Crippen molar-refractivity contribution in [3.63, 3.8) is 0 Å². The second-order valence-corrected chi connectivity index (χ2v) is 5.17. The van der Waals surface area contributed by atoms with Crippen LogP contribution in [0.4, 0.5) is 4.39 Å². The highest BCUT2D eigenvalue weighted by Gasteiger charge is 2.17. The lowest BCUT2D eigenvalue weighted by Gasteiger charge is -2.21. The predicted molar refractivity (Wildman–Crippen MR) is 83.8 cm³/mol. The van der Waals surface area contributed by atoms with Gasteiger partial charge in [0.05, 0.1) is 6.04 Å². The molecule has 0 fully saturated rings. The standard InChI is InChI=1S/C18H17FN2/c1-12-7-8-14(19)9-16(12)18(20-2)17-11-21-10-13-5-3-4-6-15(13)17/h3-11,18,20H,1-2H3. The minimum absolute atomic E-state index is 0.0840. The molecule has 2 nitrogen and oxygen atoms in total. The molecule has 1 unspecified atom stereocenters. The van der Waals surface area contributed by atoms with Crippen LogP contribution < -0.4 is 5.32 Å². The summed E-state index contributed by atoms with van der Waals surface area (Å²) in [5.74, 6) is -0.218. The maximum atomic E-state index is 13.6. The summed E-state index contributed by atoms with van der Waals surface area (Å²) in [6.45, 7) is 2.00. The molecule has 0 aliphatic carbocycles. The van der Waals surface area contributed by atoms with Crippen molar-refractivity contribution in [3.8, 4) is 0 Å². The first kappa shape index (κ1) is 13.7. The van der Waals surface area contributed by atoms with Crippen molar-refractivity contribution in [2.24, 2.45) is 0 Å². The van der Waals surface area contributed by atoms with Gasteiger partial charge in [0.25, 0.3) is 0 Å². The molecule has 0 aliphatic heterocycles. The second-order valence-electron chi connectivity index (χ2n) is 5.17. The average molecular weight is 280 g/mol. The number of rotatable bonds is 3. The van der Waals surface area contributed by atoms with E-state index in [0.717, 1.165) is 27.5 Å². The summed E-state index contributed by atoms with van der Waals surface area (Å²) in [6.07, 6.45) is 3.71. The Balaban J connectivity index is 2.21. The lowest BCUT2D eigenvalue weighted by Crippen LogP contribution is -2.19. The van der Waals surface area contributed by atoms with E-state index in [1.807, 2.05) is 50.6 Å². The van der Waals surface area contributed by atoms with E-state index in [-0.39, 0.29) is 11.9 Å². The molecule has 1 atom stereocenters. The van der Waals surface area contributed by atoms with Gasteiger partial charge in [0.1, 0.15) is 5.82 Å². The fraction of sp³-hybridized carbons (Fsp3) is 0.167. The topological polar surface area (TPSA) is 24.9 Å². The molecule has 0 saturated carbocycles. The van der Waals surface area contributed by atoms with Crippen LogP contribution in [0.2, 0.25) is 0 Å². The number of hydrogen-bond acceptors (Lipinski definition) is 2. The maximum Gasteiger partial charge on any atom is 0.123 e. The highest BCUT2D eigenvalue weighted by atomic mass is 19.1. The van der Waals surface area contributed by atoms with E-state index in [9.17, 15) is 4.39 Å². The van der Waals surface area contributed by atoms with Crippen LogP contribution in [0.25, 0.3) is 10.8 Å². The Kier molecular flexibility index (Phi) is 3.67. The van der Waals surface area contributed by atoms with Crippen molar-refractivity contribution >= 4 is 10.8 Å². The predicted octanol–water partition coefficient (Wildman–Crippen LogP) is 3.99. The first-order valence-electron chi connectivity index (χ1n) is 6.96. The summed E-state index contributed by atoms with van der Waals surface area (Å²) < 4.78 is 13.6. The lowest BCUT2D eigenvalue weighted by atomic mass is 9.93. The largest absolute Gasteiger partial charge is 0.309 e. The number of nitrogens with zero attached hydrogens (tertiary/aromatic N) is 1. The Labute approximate surface area is 123 Å². The van der Waals surface area contributed by atoms with Gasteiger partial charge in [0.2, 0.25) is 0 Å². The summed E-state index contributed by atoms with van der Waals surface area (Å²) in [6, 6.07) is 12.9. The average Bonchev–Trinajstić information content (AvgIpc) is 2.51. The summed E-state index contributed by atoms with van der Waals surface area (Å²) in [5, 5.41) is 5.51. The van der Waals surface area contributed by atoms with E-state index in [4.69, 9.17) is 0 Å². The molecule has 21 heavy (non-hydrogen) atoms. The normalized spacial score (nSPS) is 12.5. The van der Waals surface area contributed by atoms with E-state index in [1.54, 1.807) is 6.07 Å². The molecule has 2 aromatic carbocycles. The Morgan fingerprint density at radius 3 is 2.67 bits per heavy atom. The van der Waals surface area contributed by atoms with E-state index < -0.39 is 0 Å². The van der Waals surface area contributed by atoms with Crippen LogP contribution in [0.3, 0.4) is 0 Å². The van der Waals surface area contributed by atoms with Crippen LogP contribution >= 0.6 is 0 Å². The van der Waals surface area contributed by atoms with Gasteiger partial charge in [-0.3, -0.25) is 4.98 Å². The van der Waals surface area contributed by atoms with Crippen molar-refractivity contribution < 1.29 is 4.39 Å². The Morgan fingerprint density at radius 2 is 1.86 bits per heavy atom. The number of hydrogen-bond donors (Lipinski definition) is 1. The molecule has 3 aromatic rings. The number of benzene rings is 2. The highest BCUT2D eigenvalue weighted by molar-refractivity contribution is 5.85. The van der Waals surface area contributed by atoms with E-state index in [0.29, 0.717) is 0 Å². The van der Waals surface area contributed by atoms with Crippen molar-refractivity contribution in [2.45, 2.75) is 13.0 Å². The Bertz CT molecular complexity index is 778. The molecule has 0 spiro atoms. The fourth-order valence-electron chi connectivity index (χ4n) is 2.77. The lowest BCUT2D eigenvalue weighted by molar-refractivity contribution is 0.615. The van der Waals surface area contributed by atoms with Gasteiger partial charge in [-0.05, 0) is 48.2 Å². The molecular weight excluding hydrogens is 263 g/mol. The van der Waals surface area contributed by atoms with E-state index >= 15 is 0 Å². The van der Waals surface area contributed by atoms with Crippen molar-refractivity contribution in [3.05, 3.63) is 77.4 Å². The van der Waals surface area contributed by atoms with Gasteiger partial charge in [-0.2, -0.15) is 0 Å². The fourth-order valence-corrected chi connectivity index (χ4v) is 2.77. The van der Waals surface area contributed by atoms with Crippen LogP contribution in [0, 0.1) is 12.7 Å². The highest BCUT2D eigenvalue weighted by Crippen LogP contribution is 2.30. The molecule has 106 valence electrons. The molecule has 1 aromatic heterocycles. The quantitative estimate of drug-likeness (QED) is 0.784. The molecule has 0 bridgehead atoms. The van der Waals surface area contributed by atoms with Gasteiger partial charge in [-0.1, -0.05) is 30.3 Å². The molecule has 1 heterocycles. The SMILES string of the molecule is CNC(c1cc(F)ccc1C)c1cncc2ccccc12. The zero-order valence-electron chi connectivity index (χ0n) is 12.1. The van der Waals surface area contributed by atoms with Crippen LogP contribution in [0.15, 0.2) is 54.9 Å². The van der Waals surface area contributed by atoms with Crippen LogP contribution in [-0.4, -0.2) is 12.0 Å². The zero-order valence-corrected chi connectivity index (χ0v) is 12.1. The van der Waals surface area contributed by atoms with Gasteiger partial charge in [-0.25, -0.2) is 4.39 Å². The third-order valence-electron chi connectivity index (χ3n) is 3.85. The van der Waals surface area contributed by atoms with Gasteiger partial charge in [-0.15, -0.1) is 0 Å². The van der Waals surface area contributed by atoms with Crippen molar-refractivity contribution in [1.82, 2.24) is 10.3 Å². The summed E-state index contributed by atoms with van der Waals surface area (Å²) >= 11 is 0. The monoisotopic (exact) mass is 280 g/mol. The molecule has 0 radical (unpaired) electrons. The number of fused-ring (bicyclic) bond motifs is 1. The second kappa shape index (κ2) is 5.62. The third-order valence-corrected chi connectivity index (χ3v) is 3.85. The number of halogens is 1. The molecular formula is C18H17FN2. The Morgan fingerprint density at radius 1 is 1.05 bits per heavy atom. The first-order valence-corrected chi connectivity index (χ1v) is 6.96. The van der Waals surface area contributed by atoms with Crippen LogP contribution in [0.1, 0.15) is 22.7 Å². The molecule has 1 N–H and O–H groups in total. The molecule has 0 amide bonds. The first-order chi connectivity index (χ1) is 10.2. The van der Waals surface area contributed by atoms with Gasteiger partial charge in [0.15, 0.2) is 0 Å². The number of pyridine rings is 1. The number of aromatic nitrogens is 1. The maximum absolute atomic E-state index is 13.6.